The van der Waals surface area contributed by atoms with Gasteiger partial charge in [0, 0.05) is 32.7 Å². The summed E-state index contributed by atoms with van der Waals surface area (Å²) >= 11 is 5.77. The van der Waals surface area contributed by atoms with Crippen LogP contribution in [0.5, 0.6) is 0 Å². The third-order valence-corrected chi connectivity index (χ3v) is 3.73. The van der Waals surface area contributed by atoms with Gasteiger partial charge in [0.1, 0.15) is 5.82 Å². The molecule has 1 aromatic carbocycles. The maximum absolute atomic E-state index is 13.2. The molecule has 0 unspecified atom stereocenters. The van der Waals surface area contributed by atoms with Gasteiger partial charge in [0.25, 0.3) is 5.91 Å². The number of nitrogens with one attached hydrogen (secondary N) is 2. The maximum atomic E-state index is 13.2. The molecule has 1 aromatic rings. The fraction of sp³-hybridized carbons (Fsp3) is 0.500. The molecule has 0 aliphatic carbocycles. The number of nitrogens with zero attached hydrogens (tertiary/aromatic N) is 1. The van der Waals surface area contributed by atoms with Crippen molar-refractivity contribution in [2.75, 3.05) is 39.3 Å². The Morgan fingerprint density at radius 3 is 2.81 bits per heavy atom. The quantitative estimate of drug-likeness (QED) is 0.808. The van der Waals surface area contributed by atoms with E-state index in [2.05, 4.69) is 15.5 Å². The summed E-state index contributed by atoms with van der Waals surface area (Å²) in [5, 5.41) is 5.95. The van der Waals surface area contributed by atoms with Crippen LogP contribution < -0.4 is 10.6 Å². The molecule has 0 atom stereocenters. The Labute approximate surface area is 135 Å². The molecule has 118 valence electrons. The van der Waals surface area contributed by atoms with E-state index in [1.807, 2.05) is 0 Å². The van der Waals surface area contributed by atoms with E-state index in [9.17, 15) is 9.18 Å². The summed E-state index contributed by atoms with van der Waals surface area (Å²) in [5.74, 6) is -0.894. The van der Waals surface area contributed by atoms with Crippen LogP contribution in [0, 0.1) is 5.82 Å². The van der Waals surface area contributed by atoms with E-state index in [0.29, 0.717) is 6.54 Å². The fourth-order valence-electron chi connectivity index (χ4n) is 2.21. The Bertz CT molecular complexity index is 468. The summed E-state index contributed by atoms with van der Waals surface area (Å²) in [7, 11) is 0. The molecule has 4 nitrogen and oxygen atoms in total. The van der Waals surface area contributed by atoms with E-state index in [1.54, 1.807) is 0 Å². The molecular formula is C14H20Cl2FN3O. The van der Waals surface area contributed by atoms with Crippen molar-refractivity contribution in [2.45, 2.75) is 6.42 Å². The van der Waals surface area contributed by atoms with Gasteiger partial charge in [-0.3, -0.25) is 4.79 Å². The fourth-order valence-corrected chi connectivity index (χ4v) is 2.43. The molecule has 1 heterocycles. The van der Waals surface area contributed by atoms with Crippen molar-refractivity contribution < 1.29 is 9.18 Å². The SMILES string of the molecule is Cl.O=C(NCCCN1CCNCC1)c1cccc(F)c1Cl. The maximum Gasteiger partial charge on any atom is 0.252 e. The summed E-state index contributed by atoms with van der Waals surface area (Å²) in [6.07, 6.45) is 0.874. The first kappa shape index (κ1) is 18.2. The summed E-state index contributed by atoms with van der Waals surface area (Å²) in [4.78, 5) is 14.2. The number of piperazine rings is 1. The highest BCUT2D eigenvalue weighted by molar-refractivity contribution is 6.34. The second-order valence-corrected chi connectivity index (χ2v) is 5.18. The minimum atomic E-state index is -0.569. The smallest absolute Gasteiger partial charge is 0.252 e. The normalized spacial score (nSPS) is 15.3. The Kier molecular flexibility index (Phi) is 7.96. The lowest BCUT2D eigenvalue weighted by molar-refractivity contribution is 0.0951. The Hall–Kier alpha value is -0.880. The second kappa shape index (κ2) is 9.20. The highest BCUT2D eigenvalue weighted by Crippen LogP contribution is 2.19. The number of hydrogen-bond donors (Lipinski definition) is 2. The van der Waals surface area contributed by atoms with Crippen LogP contribution in [0.3, 0.4) is 0 Å². The monoisotopic (exact) mass is 335 g/mol. The summed E-state index contributed by atoms with van der Waals surface area (Å²) in [6, 6.07) is 4.25. The molecule has 1 aliphatic rings. The number of carbonyl (C=O) groups excluding carboxylic acids is 1. The molecule has 0 spiro atoms. The van der Waals surface area contributed by atoms with Gasteiger partial charge in [-0.2, -0.15) is 0 Å². The van der Waals surface area contributed by atoms with Crippen LogP contribution >= 0.6 is 24.0 Å². The van der Waals surface area contributed by atoms with Crippen molar-refractivity contribution in [1.29, 1.82) is 0 Å². The summed E-state index contributed by atoms with van der Waals surface area (Å²) in [6.45, 7) is 5.65. The summed E-state index contributed by atoms with van der Waals surface area (Å²) < 4.78 is 13.2. The third kappa shape index (κ3) is 5.43. The van der Waals surface area contributed by atoms with E-state index >= 15 is 0 Å². The molecule has 2 rings (SSSR count). The van der Waals surface area contributed by atoms with Crippen LogP contribution in [-0.4, -0.2) is 50.1 Å². The van der Waals surface area contributed by atoms with Crippen LogP contribution in [-0.2, 0) is 0 Å². The van der Waals surface area contributed by atoms with Crippen molar-refractivity contribution in [2.24, 2.45) is 0 Å². The van der Waals surface area contributed by atoms with Crippen molar-refractivity contribution in [3.8, 4) is 0 Å². The first-order valence-electron chi connectivity index (χ1n) is 6.84. The predicted octanol–water partition coefficient (Wildman–Crippen LogP) is 1.93. The molecular weight excluding hydrogens is 316 g/mol. The molecule has 0 radical (unpaired) electrons. The molecule has 1 fully saturated rings. The molecule has 7 heteroatoms. The average molecular weight is 336 g/mol. The van der Waals surface area contributed by atoms with Crippen LogP contribution in [0.4, 0.5) is 4.39 Å². The highest BCUT2D eigenvalue weighted by atomic mass is 35.5. The van der Waals surface area contributed by atoms with Gasteiger partial charge >= 0.3 is 0 Å². The lowest BCUT2D eigenvalue weighted by atomic mass is 10.2. The minimum Gasteiger partial charge on any atom is -0.352 e. The van der Waals surface area contributed by atoms with E-state index in [-0.39, 0.29) is 28.9 Å². The first-order valence-corrected chi connectivity index (χ1v) is 7.21. The van der Waals surface area contributed by atoms with Crippen molar-refractivity contribution in [1.82, 2.24) is 15.5 Å². The molecule has 1 aliphatic heterocycles. The number of benzene rings is 1. The molecule has 1 amide bonds. The number of amides is 1. The molecule has 1 saturated heterocycles. The Morgan fingerprint density at radius 1 is 1.38 bits per heavy atom. The van der Waals surface area contributed by atoms with Crippen molar-refractivity contribution >= 4 is 29.9 Å². The van der Waals surface area contributed by atoms with E-state index in [1.165, 1.54) is 18.2 Å². The van der Waals surface area contributed by atoms with Gasteiger partial charge < -0.3 is 15.5 Å². The Balaban J connectivity index is 0.00000220. The van der Waals surface area contributed by atoms with Gasteiger partial charge in [-0.25, -0.2) is 4.39 Å². The van der Waals surface area contributed by atoms with E-state index in [0.717, 1.165) is 39.1 Å². The van der Waals surface area contributed by atoms with Crippen molar-refractivity contribution in [3.63, 3.8) is 0 Å². The summed E-state index contributed by atoms with van der Waals surface area (Å²) in [5.41, 5.74) is 0.189. The van der Waals surface area contributed by atoms with Crippen molar-refractivity contribution in [3.05, 3.63) is 34.6 Å². The third-order valence-electron chi connectivity index (χ3n) is 3.34. The zero-order valence-corrected chi connectivity index (χ0v) is 13.3. The predicted molar refractivity (Wildman–Crippen MR) is 84.9 cm³/mol. The molecule has 0 aromatic heterocycles. The van der Waals surface area contributed by atoms with Gasteiger partial charge in [-0.05, 0) is 25.1 Å². The van der Waals surface area contributed by atoms with Crippen LogP contribution in [0.25, 0.3) is 0 Å². The topological polar surface area (TPSA) is 44.4 Å². The average Bonchev–Trinajstić information content (AvgIpc) is 2.47. The van der Waals surface area contributed by atoms with Gasteiger partial charge in [0.2, 0.25) is 0 Å². The van der Waals surface area contributed by atoms with Crippen LogP contribution in [0.15, 0.2) is 18.2 Å². The largest absolute Gasteiger partial charge is 0.352 e. The number of hydrogen-bond acceptors (Lipinski definition) is 3. The molecule has 0 bridgehead atoms. The van der Waals surface area contributed by atoms with Gasteiger partial charge in [-0.15, -0.1) is 12.4 Å². The first-order chi connectivity index (χ1) is 9.68. The number of rotatable bonds is 5. The molecule has 0 saturated carbocycles. The van der Waals surface area contributed by atoms with Gasteiger partial charge in [0.05, 0.1) is 10.6 Å². The number of halogens is 3. The lowest BCUT2D eigenvalue weighted by Crippen LogP contribution is -2.44. The minimum absolute atomic E-state index is 0. The highest BCUT2D eigenvalue weighted by Gasteiger charge is 2.13. The standard InChI is InChI=1S/C14H19ClFN3O.ClH/c15-13-11(3-1-4-12(13)16)14(20)18-5-2-8-19-9-6-17-7-10-19;/h1,3-4,17H,2,5-10H2,(H,18,20);1H. The van der Waals surface area contributed by atoms with E-state index in [4.69, 9.17) is 11.6 Å². The zero-order valence-electron chi connectivity index (χ0n) is 11.7. The zero-order chi connectivity index (χ0) is 14.4. The molecule has 2 N–H and O–H groups in total. The Morgan fingerprint density at radius 2 is 2.10 bits per heavy atom. The number of carbonyl (C=O) groups is 1. The lowest BCUT2D eigenvalue weighted by Gasteiger charge is -2.27. The van der Waals surface area contributed by atoms with Crippen LogP contribution in [0.2, 0.25) is 5.02 Å². The molecule has 21 heavy (non-hydrogen) atoms. The van der Waals surface area contributed by atoms with Gasteiger partial charge in [-0.1, -0.05) is 17.7 Å². The van der Waals surface area contributed by atoms with Crippen LogP contribution in [0.1, 0.15) is 16.8 Å². The van der Waals surface area contributed by atoms with Gasteiger partial charge in [0.15, 0.2) is 0 Å². The van der Waals surface area contributed by atoms with E-state index < -0.39 is 5.82 Å². The second-order valence-electron chi connectivity index (χ2n) is 4.80.